The molecule has 8 heteroatoms. The van der Waals surface area contributed by atoms with Crippen LogP contribution in [0, 0.1) is 0 Å². The number of rotatable bonds is 4. The van der Waals surface area contributed by atoms with Gasteiger partial charge in [0.05, 0.1) is 19.9 Å². The summed E-state index contributed by atoms with van der Waals surface area (Å²) in [6.45, 7) is 0. The van der Waals surface area contributed by atoms with E-state index in [1.807, 2.05) is 0 Å². The van der Waals surface area contributed by atoms with Crippen molar-refractivity contribution in [2.24, 2.45) is 0 Å². The number of pyridine rings is 1. The van der Waals surface area contributed by atoms with Gasteiger partial charge < -0.3 is 20.9 Å². The number of aromatic nitrogens is 3. The van der Waals surface area contributed by atoms with Gasteiger partial charge in [0.1, 0.15) is 16.0 Å². The summed E-state index contributed by atoms with van der Waals surface area (Å²) >= 11 is 3.37. The number of hydrogen-bond acceptors (Lipinski definition) is 7. The van der Waals surface area contributed by atoms with Crippen molar-refractivity contribution < 1.29 is 9.47 Å². The highest BCUT2D eigenvalue weighted by molar-refractivity contribution is 9.10. The summed E-state index contributed by atoms with van der Waals surface area (Å²) in [6.07, 6.45) is 2.03. The lowest BCUT2D eigenvalue weighted by molar-refractivity contribution is 0.375. The van der Waals surface area contributed by atoms with E-state index in [0.29, 0.717) is 28.3 Å². The number of methoxy groups -OCH3 is 2. The Balaban J connectivity index is 2.38. The summed E-state index contributed by atoms with van der Waals surface area (Å²) in [6, 6.07) is 1.79. The minimum absolute atomic E-state index is 0.144. The van der Waals surface area contributed by atoms with Crippen molar-refractivity contribution in [2.75, 3.05) is 25.7 Å². The van der Waals surface area contributed by atoms with E-state index in [0.717, 1.165) is 11.3 Å². The Morgan fingerprint density at radius 1 is 1.20 bits per heavy atom. The van der Waals surface area contributed by atoms with Crippen LogP contribution in [0.4, 0.5) is 11.8 Å². The lowest BCUT2D eigenvalue weighted by atomic mass is 10.1. The maximum absolute atomic E-state index is 5.81. The van der Waals surface area contributed by atoms with Gasteiger partial charge in [0.2, 0.25) is 11.8 Å². The molecule has 2 aromatic heterocycles. The highest BCUT2D eigenvalue weighted by atomic mass is 79.9. The van der Waals surface area contributed by atoms with Gasteiger partial charge in [0.25, 0.3) is 0 Å². The average molecular weight is 340 g/mol. The molecule has 0 aliphatic carbocycles. The van der Waals surface area contributed by atoms with Crippen molar-refractivity contribution >= 4 is 27.7 Å². The molecule has 2 rings (SSSR count). The SMILES string of the molecule is COc1cc(Cc2cnc(N)nc2N)nc(OC)c1Br. The number of ether oxygens (including phenoxy) is 2. The molecule has 2 heterocycles. The molecule has 0 aromatic carbocycles. The van der Waals surface area contributed by atoms with Gasteiger partial charge >= 0.3 is 0 Å². The van der Waals surface area contributed by atoms with Crippen LogP contribution in [-0.2, 0) is 6.42 Å². The fourth-order valence-electron chi connectivity index (χ4n) is 1.67. The first-order valence-electron chi connectivity index (χ1n) is 5.69. The number of anilines is 2. The minimum Gasteiger partial charge on any atom is -0.495 e. The summed E-state index contributed by atoms with van der Waals surface area (Å²) in [7, 11) is 3.11. The molecule has 4 N–H and O–H groups in total. The van der Waals surface area contributed by atoms with Gasteiger partial charge in [-0.05, 0) is 15.9 Å². The molecule has 0 aliphatic heterocycles. The third-order valence-corrected chi connectivity index (χ3v) is 3.38. The highest BCUT2D eigenvalue weighted by Crippen LogP contribution is 2.33. The van der Waals surface area contributed by atoms with Crippen molar-refractivity contribution in [3.05, 3.63) is 28.0 Å². The lowest BCUT2D eigenvalue weighted by Gasteiger charge is -2.11. The second-order valence-corrected chi connectivity index (χ2v) is 4.75. The third-order valence-electron chi connectivity index (χ3n) is 2.65. The van der Waals surface area contributed by atoms with E-state index in [1.54, 1.807) is 19.4 Å². The van der Waals surface area contributed by atoms with Crippen LogP contribution in [0.2, 0.25) is 0 Å². The van der Waals surface area contributed by atoms with Crippen molar-refractivity contribution in [3.8, 4) is 11.6 Å². The van der Waals surface area contributed by atoms with Gasteiger partial charge in [-0.1, -0.05) is 0 Å². The van der Waals surface area contributed by atoms with Crippen molar-refractivity contribution in [1.29, 1.82) is 0 Å². The van der Waals surface area contributed by atoms with Crippen molar-refractivity contribution in [2.45, 2.75) is 6.42 Å². The van der Waals surface area contributed by atoms with Gasteiger partial charge in [-0.15, -0.1) is 0 Å². The van der Waals surface area contributed by atoms with Crippen LogP contribution in [-0.4, -0.2) is 29.2 Å². The van der Waals surface area contributed by atoms with Gasteiger partial charge in [0, 0.05) is 24.2 Å². The lowest BCUT2D eigenvalue weighted by Crippen LogP contribution is -2.05. The molecule has 0 amide bonds. The molecular weight excluding hydrogens is 326 g/mol. The van der Waals surface area contributed by atoms with E-state index in [2.05, 4.69) is 30.9 Å². The minimum atomic E-state index is 0.144. The Morgan fingerprint density at radius 2 is 1.95 bits per heavy atom. The first-order chi connectivity index (χ1) is 9.55. The highest BCUT2D eigenvalue weighted by Gasteiger charge is 2.13. The standard InChI is InChI=1S/C12H14BrN5O2/c1-19-8-4-7(17-11(20-2)9(8)13)3-6-5-16-12(15)18-10(6)14/h4-5H,3H2,1-2H3,(H4,14,15,16,18). The van der Waals surface area contributed by atoms with Gasteiger partial charge in [-0.3, -0.25) is 0 Å². The maximum atomic E-state index is 5.81. The number of nitrogen functional groups attached to an aromatic ring is 2. The summed E-state index contributed by atoms with van der Waals surface area (Å²) < 4.78 is 11.1. The van der Waals surface area contributed by atoms with E-state index in [9.17, 15) is 0 Å². The molecule has 20 heavy (non-hydrogen) atoms. The summed E-state index contributed by atoms with van der Waals surface area (Å²) in [5, 5.41) is 0. The van der Waals surface area contributed by atoms with E-state index in [4.69, 9.17) is 20.9 Å². The molecule has 106 valence electrons. The van der Waals surface area contributed by atoms with Crippen LogP contribution in [0.25, 0.3) is 0 Å². The molecule has 7 nitrogen and oxygen atoms in total. The monoisotopic (exact) mass is 339 g/mol. The molecule has 0 saturated carbocycles. The molecule has 0 atom stereocenters. The molecule has 0 bridgehead atoms. The van der Waals surface area contributed by atoms with E-state index in [1.165, 1.54) is 7.11 Å². The van der Waals surface area contributed by atoms with E-state index >= 15 is 0 Å². The Kier molecular flexibility index (Phi) is 4.23. The van der Waals surface area contributed by atoms with Crippen LogP contribution in [0.15, 0.2) is 16.7 Å². The summed E-state index contributed by atoms with van der Waals surface area (Å²) in [5.41, 5.74) is 12.7. The largest absolute Gasteiger partial charge is 0.495 e. The maximum Gasteiger partial charge on any atom is 0.231 e. The Hall–Kier alpha value is -2.09. The number of nitrogens with two attached hydrogens (primary N) is 2. The average Bonchev–Trinajstić information content (AvgIpc) is 2.43. The second kappa shape index (κ2) is 5.91. The van der Waals surface area contributed by atoms with Crippen LogP contribution in [0.5, 0.6) is 11.6 Å². The van der Waals surface area contributed by atoms with Crippen LogP contribution < -0.4 is 20.9 Å². The molecule has 0 spiro atoms. The predicted octanol–water partition coefficient (Wildman–Crippen LogP) is 1.41. The Labute approximate surface area is 124 Å². The summed E-state index contributed by atoms with van der Waals surface area (Å²) in [4.78, 5) is 12.2. The zero-order valence-corrected chi connectivity index (χ0v) is 12.6. The zero-order valence-electron chi connectivity index (χ0n) is 11.1. The van der Waals surface area contributed by atoms with Gasteiger partial charge in [-0.2, -0.15) is 4.98 Å². The fraction of sp³-hybridized carbons (Fsp3) is 0.250. The first kappa shape index (κ1) is 14.3. The molecule has 0 radical (unpaired) electrons. The number of hydrogen-bond donors (Lipinski definition) is 2. The fourth-order valence-corrected chi connectivity index (χ4v) is 2.20. The normalized spacial score (nSPS) is 10.3. The molecule has 0 aliphatic rings. The van der Waals surface area contributed by atoms with Crippen molar-refractivity contribution in [3.63, 3.8) is 0 Å². The van der Waals surface area contributed by atoms with E-state index in [-0.39, 0.29) is 5.95 Å². The number of nitrogens with zero attached hydrogens (tertiary/aromatic N) is 3. The Morgan fingerprint density at radius 3 is 2.55 bits per heavy atom. The van der Waals surface area contributed by atoms with Crippen LogP contribution >= 0.6 is 15.9 Å². The molecule has 0 unspecified atom stereocenters. The molecule has 2 aromatic rings. The quantitative estimate of drug-likeness (QED) is 0.866. The molecule has 0 saturated heterocycles. The van der Waals surface area contributed by atoms with Gasteiger partial charge in [-0.25, -0.2) is 9.97 Å². The van der Waals surface area contributed by atoms with E-state index < -0.39 is 0 Å². The Bertz CT molecular complexity index is 610. The van der Waals surface area contributed by atoms with Crippen molar-refractivity contribution in [1.82, 2.24) is 15.0 Å². The zero-order chi connectivity index (χ0) is 14.7. The topological polar surface area (TPSA) is 109 Å². The van der Waals surface area contributed by atoms with Crippen LogP contribution in [0.3, 0.4) is 0 Å². The third kappa shape index (κ3) is 2.90. The van der Waals surface area contributed by atoms with Crippen LogP contribution in [0.1, 0.15) is 11.3 Å². The predicted molar refractivity (Wildman–Crippen MR) is 78.7 cm³/mol. The van der Waals surface area contributed by atoms with Gasteiger partial charge in [0.15, 0.2) is 0 Å². The smallest absolute Gasteiger partial charge is 0.231 e. The number of halogens is 1. The second-order valence-electron chi connectivity index (χ2n) is 3.95. The molecular formula is C12H14BrN5O2. The first-order valence-corrected chi connectivity index (χ1v) is 6.48. The molecule has 0 fully saturated rings. The summed E-state index contributed by atoms with van der Waals surface area (Å²) in [5.74, 6) is 1.54.